The molecule has 0 aliphatic carbocycles. The predicted molar refractivity (Wildman–Crippen MR) is 76.6 cm³/mol. The molecule has 2 aromatic rings. The molecule has 1 aromatic carbocycles. The molecule has 1 heterocycles. The first kappa shape index (κ1) is 12.3. The second-order valence-corrected chi connectivity index (χ2v) is 5.50. The standard InChI is InChI=1S/C13H19N3S/c1-9(2)13-15-11-8-10(14)4-5-12(11)16(13)6-7-17-3/h4-5,8-9H,6-7,14H2,1-3H3. The number of anilines is 1. The number of nitrogens with zero attached hydrogens (tertiary/aromatic N) is 2. The third kappa shape index (κ3) is 2.41. The number of imidazole rings is 1. The van der Waals surface area contributed by atoms with E-state index in [0.29, 0.717) is 5.92 Å². The van der Waals surface area contributed by atoms with E-state index in [4.69, 9.17) is 10.7 Å². The first-order valence-electron chi connectivity index (χ1n) is 5.88. The minimum Gasteiger partial charge on any atom is -0.399 e. The zero-order valence-corrected chi connectivity index (χ0v) is 11.4. The minimum absolute atomic E-state index is 0.436. The van der Waals surface area contributed by atoms with Crippen LogP contribution in [0.5, 0.6) is 0 Å². The van der Waals surface area contributed by atoms with Crippen molar-refractivity contribution in [2.75, 3.05) is 17.7 Å². The fourth-order valence-electron chi connectivity index (χ4n) is 2.02. The Balaban J connectivity index is 2.54. The maximum atomic E-state index is 5.81. The fourth-order valence-corrected chi connectivity index (χ4v) is 2.39. The highest BCUT2D eigenvalue weighted by atomic mass is 32.2. The highest BCUT2D eigenvalue weighted by Gasteiger charge is 2.13. The molecule has 0 spiro atoms. The number of rotatable bonds is 4. The maximum Gasteiger partial charge on any atom is 0.112 e. The average molecular weight is 249 g/mol. The van der Waals surface area contributed by atoms with Gasteiger partial charge in [0.05, 0.1) is 11.0 Å². The highest BCUT2D eigenvalue weighted by molar-refractivity contribution is 7.98. The number of aryl methyl sites for hydroxylation is 1. The summed E-state index contributed by atoms with van der Waals surface area (Å²) in [4.78, 5) is 4.70. The van der Waals surface area contributed by atoms with E-state index >= 15 is 0 Å². The Hall–Kier alpha value is -1.16. The second-order valence-electron chi connectivity index (χ2n) is 4.52. The fraction of sp³-hybridized carbons (Fsp3) is 0.462. The van der Waals surface area contributed by atoms with Gasteiger partial charge in [0, 0.05) is 23.9 Å². The summed E-state index contributed by atoms with van der Waals surface area (Å²) in [5.74, 6) is 2.69. The Morgan fingerprint density at radius 3 is 2.82 bits per heavy atom. The zero-order chi connectivity index (χ0) is 12.4. The summed E-state index contributed by atoms with van der Waals surface area (Å²) in [5.41, 5.74) is 8.79. The van der Waals surface area contributed by atoms with Gasteiger partial charge in [-0.05, 0) is 24.5 Å². The van der Waals surface area contributed by atoms with Gasteiger partial charge in [0.15, 0.2) is 0 Å². The monoisotopic (exact) mass is 249 g/mol. The van der Waals surface area contributed by atoms with E-state index in [1.54, 1.807) is 0 Å². The van der Waals surface area contributed by atoms with E-state index in [1.165, 1.54) is 5.52 Å². The molecule has 2 N–H and O–H groups in total. The van der Waals surface area contributed by atoms with Gasteiger partial charge in [-0.1, -0.05) is 13.8 Å². The number of thioether (sulfide) groups is 1. The van der Waals surface area contributed by atoms with Crippen molar-refractivity contribution in [2.24, 2.45) is 0 Å². The van der Waals surface area contributed by atoms with Gasteiger partial charge in [-0.3, -0.25) is 0 Å². The third-order valence-corrected chi connectivity index (χ3v) is 3.43. The quantitative estimate of drug-likeness (QED) is 0.847. The number of hydrogen-bond donors (Lipinski definition) is 1. The van der Waals surface area contributed by atoms with E-state index in [2.05, 4.69) is 30.7 Å². The van der Waals surface area contributed by atoms with Crippen molar-refractivity contribution < 1.29 is 0 Å². The van der Waals surface area contributed by atoms with Gasteiger partial charge in [0.1, 0.15) is 5.82 Å². The van der Waals surface area contributed by atoms with E-state index in [0.717, 1.165) is 29.3 Å². The van der Waals surface area contributed by atoms with Crippen molar-refractivity contribution in [1.82, 2.24) is 9.55 Å². The van der Waals surface area contributed by atoms with Crippen molar-refractivity contribution in [3.63, 3.8) is 0 Å². The van der Waals surface area contributed by atoms with Crippen LogP contribution in [0.1, 0.15) is 25.6 Å². The second kappa shape index (κ2) is 5.00. The summed E-state index contributed by atoms with van der Waals surface area (Å²) in [7, 11) is 0. The van der Waals surface area contributed by atoms with Gasteiger partial charge < -0.3 is 10.3 Å². The van der Waals surface area contributed by atoms with Crippen LogP contribution in [0.4, 0.5) is 5.69 Å². The molecule has 0 radical (unpaired) electrons. The van der Waals surface area contributed by atoms with Gasteiger partial charge in [0.25, 0.3) is 0 Å². The van der Waals surface area contributed by atoms with Crippen molar-refractivity contribution >= 4 is 28.5 Å². The maximum absolute atomic E-state index is 5.81. The molecule has 0 saturated carbocycles. The lowest BCUT2D eigenvalue weighted by Crippen LogP contribution is -2.07. The minimum atomic E-state index is 0.436. The molecule has 4 heteroatoms. The van der Waals surface area contributed by atoms with Gasteiger partial charge in [-0.15, -0.1) is 0 Å². The van der Waals surface area contributed by atoms with Crippen molar-refractivity contribution in [2.45, 2.75) is 26.3 Å². The van der Waals surface area contributed by atoms with Crippen LogP contribution < -0.4 is 5.73 Å². The molecule has 0 saturated heterocycles. The molecule has 92 valence electrons. The molecular formula is C13H19N3S. The Morgan fingerprint density at radius 1 is 1.41 bits per heavy atom. The van der Waals surface area contributed by atoms with Crippen molar-refractivity contribution in [3.8, 4) is 0 Å². The number of nitrogens with two attached hydrogens (primary N) is 1. The number of hydrogen-bond acceptors (Lipinski definition) is 3. The van der Waals surface area contributed by atoms with Crippen LogP contribution in [0.3, 0.4) is 0 Å². The van der Waals surface area contributed by atoms with Crippen LogP contribution in [0.15, 0.2) is 18.2 Å². The SMILES string of the molecule is CSCCn1c(C(C)C)nc2cc(N)ccc21. The van der Waals surface area contributed by atoms with E-state index < -0.39 is 0 Å². The number of nitrogen functional groups attached to an aromatic ring is 1. The van der Waals surface area contributed by atoms with Crippen LogP contribution in [-0.2, 0) is 6.54 Å². The summed E-state index contributed by atoms with van der Waals surface area (Å²) in [6.45, 7) is 5.37. The Bertz CT molecular complexity index is 517. The molecule has 0 atom stereocenters. The summed E-state index contributed by atoms with van der Waals surface area (Å²) in [6.07, 6.45) is 2.13. The lowest BCUT2D eigenvalue weighted by atomic mass is 10.2. The van der Waals surface area contributed by atoms with Crippen LogP contribution in [0.25, 0.3) is 11.0 Å². The van der Waals surface area contributed by atoms with Crippen LogP contribution in [-0.4, -0.2) is 21.6 Å². The summed E-state index contributed by atoms with van der Waals surface area (Å²) in [5, 5.41) is 0. The largest absolute Gasteiger partial charge is 0.399 e. The Labute approximate surface area is 106 Å². The van der Waals surface area contributed by atoms with Gasteiger partial charge in [-0.2, -0.15) is 11.8 Å². The van der Waals surface area contributed by atoms with Gasteiger partial charge in [-0.25, -0.2) is 4.98 Å². The molecule has 17 heavy (non-hydrogen) atoms. The van der Waals surface area contributed by atoms with Crippen molar-refractivity contribution in [3.05, 3.63) is 24.0 Å². The molecule has 3 nitrogen and oxygen atoms in total. The van der Waals surface area contributed by atoms with Crippen LogP contribution in [0.2, 0.25) is 0 Å². The summed E-state index contributed by atoms with van der Waals surface area (Å²) >= 11 is 1.86. The van der Waals surface area contributed by atoms with Crippen LogP contribution >= 0.6 is 11.8 Å². The predicted octanol–water partition coefficient (Wildman–Crippen LogP) is 3.10. The molecule has 0 amide bonds. The molecule has 0 bridgehead atoms. The normalized spacial score (nSPS) is 11.5. The van der Waals surface area contributed by atoms with Gasteiger partial charge >= 0.3 is 0 Å². The average Bonchev–Trinajstić information content (AvgIpc) is 2.64. The lowest BCUT2D eigenvalue weighted by Gasteiger charge is -2.10. The number of aromatic nitrogens is 2. The molecule has 1 aromatic heterocycles. The van der Waals surface area contributed by atoms with E-state index in [9.17, 15) is 0 Å². The first-order valence-corrected chi connectivity index (χ1v) is 7.27. The lowest BCUT2D eigenvalue weighted by molar-refractivity contribution is 0.671. The smallest absolute Gasteiger partial charge is 0.112 e. The third-order valence-electron chi connectivity index (χ3n) is 2.84. The molecule has 2 rings (SSSR count). The molecule has 0 unspecified atom stereocenters. The Kier molecular flexibility index (Phi) is 3.62. The van der Waals surface area contributed by atoms with Crippen LogP contribution in [0, 0.1) is 0 Å². The summed E-state index contributed by atoms with van der Waals surface area (Å²) in [6, 6.07) is 5.98. The van der Waals surface area contributed by atoms with Gasteiger partial charge in [0.2, 0.25) is 0 Å². The Morgan fingerprint density at radius 2 is 2.18 bits per heavy atom. The summed E-state index contributed by atoms with van der Waals surface area (Å²) < 4.78 is 2.32. The topological polar surface area (TPSA) is 43.8 Å². The molecule has 0 aliphatic rings. The highest BCUT2D eigenvalue weighted by Crippen LogP contribution is 2.23. The number of fused-ring (bicyclic) bond motifs is 1. The molecule has 0 fully saturated rings. The van der Waals surface area contributed by atoms with E-state index in [1.807, 2.05) is 23.9 Å². The first-order chi connectivity index (χ1) is 8.13. The number of benzene rings is 1. The van der Waals surface area contributed by atoms with E-state index in [-0.39, 0.29) is 0 Å². The molecule has 0 aliphatic heterocycles. The zero-order valence-electron chi connectivity index (χ0n) is 10.6. The molecular weight excluding hydrogens is 230 g/mol. The van der Waals surface area contributed by atoms with Crippen molar-refractivity contribution in [1.29, 1.82) is 0 Å².